The Morgan fingerprint density at radius 3 is 2.17 bits per heavy atom. The van der Waals surface area contributed by atoms with Crippen LogP contribution in [0.15, 0.2) is 59.5 Å². The van der Waals surface area contributed by atoms with E-state index in [9.17, 15) is 12.8 Å². The molecule has 1 heterocycles. The molecule has 4 nitrogen and oxygen atoms in total. The lowest BCUT2D eigenvalue weighted by Gasteiger charge is -2.35. The van der Waals surface area contributed by atoms with Crippen LogP contribution in [-0.2, 0) is 10.0 Å². The molecule has 1 N–H and O–H groups in total. The fraction of sp³-hybridized carbons (Fsp3) is 0.333. The highest BCUT2D eigenvalue weighted by molar-refractivity contribution is 7.89. The highest BCUT2D eigenvalue weighted by Crippen LogP contribution is 2.16. The predicted molar refractivity (Wildman–Crippen MR) is 90.7 cm³/mol. The molecule has 0 aliphatic carbocycles. The summed E-state index contributed by atoms with van der Waals surface area (Å²) in [7, 11) is -3.41. The molecule has 3 rings (SSSR count). The van der Waals surface area contributed by atoms with Crippen LogP contribution in [0.25, 0.3) is 0 Å². The van der Waals surface area contributed by atoms with Crippen molar-refractivity contribution < 1.29 is 17.7 Å². The number of nitrogens with one attached hydrogen (secondary N) is 1. The molecule has 2 aromatic rings. The monoisotopic (exact) mass is 349 g/mol. The van der Waals surface area contributed by atoms with E-state index in [-0.39, 0.29) is 11.9 Å². The van der Waals surface area contributed by atoms with E-state index in [4.69, 9.17) is 0 Å². The molecular weight excluding hydrogens is 327 g/mol. The van der Waals surface area contributed by atoms with Crippen LogP contribution in [0.1, 0.15) is 18.5 Å². The van der Waals surface area contributed by atoms with Gasteiger partial charge in [0.2, 0.25) is 10.0 Å². The lowest BCUT2D eigenvalue weighted by atomic mass is 10.1. The summed E-state index contributed by atoms with van der Waals surface area (Å²) in [6.07, 6.45) is 0. The van der Waals surface area contributed by atoms with E-state index in [0.29, 0.717) is 18.0 Å². The van der Waals surface area contributed by atoms with Gasteiger partial charge in [-0.05, 0) is 31.2 Å². The van der Waals surface area contributed by atoms with Gasteiger partial charge in [-0.2, -0.15) is 4.31 Å². The molecule has 0 spiro atoms. The minimum atomic E-state index is -3.41. The Kier molecular flexibility index (Phi) is 4.99. The van der Waals surface area contributed by atoms with E-state index < -0.39 is 10.0 Å². The van der Waals surface area contributed by atoms with Crippen LogP contribution in [-0.4, -0.2) is 38.9 Å². The zero-order valence-electron chi connectivity index (χ0n) is 13.7. The van der Waals surface area contributed by atoms with Crippen LogP contribution in [0.2, 0.25) is 0 Å². The summed E-state index contributed by atoms with van der Waals surface area (Å²) < 4.78 is 39.9. The van der Waals surface area contributed by atoms with Crippen LogP contribution in [0.5, 0.6) is 0 Å². The minimum Gasteiger partial charge on any atom is -0.327 e. The number of sulfonamides is 1. The molecule has 24 heavy (non-hydrogen) atoms. The molecule has 2 aromatic carbocycles. The summed E-state index contributed by atoms with van der Waals surface area (Å²) in [6, 6.07) is 15.3. The van der Waals surface area contributed by atoms with Crippen molar-refractivity contribution in [3.05, 3.63) is 66.0 Å². The van der Waals surface area contributed by atoms with Gasteiger partial charge < -0.3 is 4.90 Å². The van der Waals surface area contributed by atoms with Gasteiger partial charge in [0, 0.05) is 5.56 Å². The summed E-state index contributed by atoms with van der Waals surface area (Å²) in [4.78, 5) is 1.67. The number of benzene rings is 2. The predicted octanol–water partition coefficient (Wildman–Crippen LogP) is 1.48. The molecule has 0 aromatic heterocycles. The Hall–Kier alpha value is -1.76. The zero-order valence-corrected chi connectivity index (χ0v) is 14.5. The quantitative estimate of drug-likeness (QED) is 0.908. The van der Waals surface area contributed by atoms with Gasteiger partial charge in [0.15, 0.2) is 0 Å². The molecule has 0 saturated carbocycles. The summed E-state index contributed by atoms with van der Waals surface area (Å²) in [5.74, 6) is -0.236. The SMILES string of the molecule is C[C@H](c1ccc(F)cc1)[NH+]1CCN(S(=O)(=O)c2ccccc2)CC1. The average Bonchev–Trinajstić information content (AvgIpc) is 2.62. The molecule has 0 unspecified atom stereocenters. The van der Waals surface area contributed by atoms with Crippen LogP contribution < -0.4 is 4.90 Å². The molecule has 1 aliphatic rings. The first-order chi connectivity index (χ1) is 11.5. The van der Waals surface area contributed by atoms with E-state index in [0.717, 1.165) is 18.7 Å². The molecule has 128 valence electrons. The minimum absolute atomic E-state index is 0.215. The fourth-order valence-electron chi connectivity index (χ4n) is 3.18. The van der Waals surface area contributed by atoms with Gasteiger partial charge in [-0.3, -0.25) is 0 Å². The summed E-state index contributed by atoms with van der Waals surface area (Å²) in [6.45, 7) is 4.58. The highest BCUT2D eigenvalue weighted by atomic mass is 32.2. The number of hydrogen-bond acceptors (Lipinski definition) is 2. The first-order valence-electron chi connectivity index (χ1n) is 8.14. The van der Waals surface area contributed by atoms with Crippen molar-refractivity contribution in [2.24, 2.45) is 0 Å². The first-order valence-corrected chi connectivity index (χ1v) is 9.58. The number of halogens is 1. The molecule has 0 amide bonds. The standard InChI is InChI=1S/C18H21FN2O2S/c1-15(16-7-9-17(19)10-8-16)20-11-13-21(14-12-20)24(22,23)18-5-3-2-4-6-18/h2-10,15H,11-14H2,1H3/p+1/t15-/m1/s1. The molecule has 1 fully saturated rings. The smallest absolute Gasteiger partial charge is 0.243 e. The van der Waals surface area contributed by atoms with Gasteiger partial charge >= 0.3 is 0 Å². The van der Waals surface area contributed by atoms with Gasteiger partial charge in [0.25, 0.3) is 0 Å². The van der Waals surface area contributed by atoms with Crippen LogP contribution in [0.4, 0.5) is 4.39 Å². The summed E-state index contributed by atoms with van der Waals surface area (Å²) in [5.41, 5.74) is 1.07. The Bertz CT molecular complexity index is 770. The van der Waals surface area contributed by atoms with E-state index in [1.165, 1.54) is 17.0 Å². The van der Waals surface area contributed by atoms with Crippen molar-refractivity contribution in [2.45, 2.75) is 17.9 Å². The fourth-order valence-corrected chi connectivity index (χ4v) is 4.64. The Labute approximate surface area is 142 Å². The number of hydrogen-bond donors (Lipinski definition) is 1. The van der Waals surface area contributed by atoms with Gasteiger partial charge in [0.05, 0.1) is 31.1 Å². The van der Waals surface area contributed by atoms with Gasteiger partial charge in [-0.15, -0.1) is 0 Å². The Balaban J connectivity index is 1.66. The summed E-state index contributed by atoms with van der Waals surface area (Å²) >= 11 is 0. The molecule has 0 radical (unpaired) electrons. The van der Waals surface area contributed by atoms with Crippen LogP contribution in [0, 0.1) is 5.82 Å². The van der Waals surface area contributed by atoms with Crippen molar-refractivity contribution in [3.8, 4) is 0 Å². The zero-order chi connectivity index (χ0) is 17.2. The highest BCUT2D eigenvalue weighted by Gasteiger charge is 2.32. The lowest BCUT2D eigenvalue weighted by Crippen LogP contribution is -3.14. The molecule has 1 aliphatic heterocycles. The maximum absolute atomic E-state index is 13.1. The van der Waals surface area contributed by atoms with E-state index in [1.54, 1.807) is 40.7 Å². The van der Waals surface area contributed by atoms with E-state index in [2.05, 4.69) is 6.92 Å². The largest absolute Gasteiger partial charge is 0.327 e. The second-order valence-corrected chi connectivity index (χ2v) is 8.09. The molecule has 1 atom stereocenters. The van der Waals surface area contributed by atoms with Gasteiger partial charge in [-0.25, -0.2) is 12.8 Å². The summed E-state index contributed by atoms with van der Waals surface area (Å²) in [5, 5.41) is 0. The second-order valence-electron chi connectivity index (χ2n) is 6.15. The van der Waals surface area contributed by atoms with Crippen molar-refractivity contribution in [3.63, 3.8) is 0 Å². The molecule has 6 heteroatoms. The number of piperazine rings is 1. The van der Waals surface area contributed by atoms with Crippen molar-refractivity contribution >= 4 is 10.0 Å². The topological polar surface area (TPSA) is 41.8 Å². The van der Waals surface area contributed by atoms with Gasteiger partial charge in [-0.1, -0.05) is 30.3 Å². The lowest BCUT2D eigenvalue weighted by molar-refractivity contribution is -0.933. The van der Waals surface area contributed by atoms with Gasteiger partial charge in [0.1, 0.15) is 11.9 Å². The maximum Gasteiger partial charge on any atom is 0.243 e. The van der Waals surface area contributed by atoms with E-state index in [1.807, 2.05) is 6.07 Å². The number of nitrogens with zero attached hydrogens (tertiary/aromatic N) is 1. The third-order valence-corrected chi connectivity index (χ3v) is 6.64. The van der Waals surface area contributed by atoms with E-state index >= 15 is 0 Å². The Morgan fingerprint density at radius 1 is 1.00 bits per heavy atom. The molecule has 1 saturated heterocycles. The average molecular weight is 349 g/mol. The number of quaternary nitrogens is 1. The first kappa shape index (κ1) is 17.1. The van der Waals surface area contributed by atoms with Crippen molar-refractivity contribution in [2.75, 3.05) is 26.2 Å². The second kappa shape index (κ2) is 7.01. The van der Waals surface area contributed by atoms with Crippen molar-refractivity contribution in [1.29, 1.82) is 0 Å². The third kappa shape index (κ3) is 3.50. The maximum atomic E-state index is 13.1. The third-order valence-electron chi connectivity index (χ3n) is 4.73. The molecule has 0 bridgehead atoms. The van der Waals surface area contributed by atoms with Crippen LogP contribution in [0.3, 0.4) is 0 Å². The number of rotatable bonds is 4. The van der Waals surface area contributed by atoms with Crippen LogP contribution >= 0.6 is 0 Å². The van der Waals surface area contributed by atoms with Crippen molar-refractivity contribution in [1.82, 2.24) is 4.31 Å². The Morgan fingerprint density at radius 2 is 1.58 bits per heavy atom. The normalized spacial score (nSPS) is 18.4. The molecular formula is C18H22FN2O2S+.